The summed E-state index contributed by atoms with van der Waals surface area (Å²) in [6.07, 6.45) is -0.286. The standard InChI is InChI=1S/C16H24N4O2S/c1-11-9-20(7-6-19(11)10-12(2)21)13(3)15-17-18-16(22-15)14-5-4-8-23-14/h4-5,8,11-13,21H,6-7,9-10H2,1-3H3/t11-,12-,13+/m0/s1. The molecule has 2 aromatic heterocycles. The summed E-state index contributed by atoms with van der Waals surface area (Å²) in [5.41, 5.74) is 0. The van der Waals surface area contributed by atoms with Gasteiger partial charge in [0, 0.05) is 32.2 Å². The van der Waals surface area contributed by atoms with Gasteiger partial charge in [-0.25, -0.2) is 0 Å². The fourth-order valence-corrected chi connectivity index (χ4v) is 3.69. The van der Waals surface area contributed by atoms with Gasteiger partial charge in [0.1, 0.15) is 0 Å². The monoisotopic (exact) mass is 336 g/mol. The van der Waals surface area contributed by atoms with Gasteiger partial charge < -0.3 is 9.52 Å². The molecule has 7 heteroatoms. The molecule has 0 amide bonds. The SMILES string of the molecule is C[C@H](O)CN1CCN([C@H](C)c2nnc(-c3cccs3)o2)C[C@@H]1C. The van der Waals surface area contributed by atoms with Gasteiger partial charge in [-0.3, -0.25) is 9.80 Å². The highest BCUT2D eigenvalue weighted by molar-refractivity contribution is 7.13. The largest absolute Gasteiger partial charge is 0.418 e. The van der Waals surface area contributed by atoms with Crippen molar-refractivity contribution in [3.8, 4) is 10.8 Å². The summed E-state index contributed by atoms with van der Waals surface area (Å²) in [7, 11) is 0. The van der Waals surface area contributed by atoms with Gasteiger partial charge >= 0.3 is 0 Å². The first-order valence-corrected chi connectivity index (χ1v) is 8.96. The molecule has 1 aliphatic rings. The van der Waals surface area contributed by atoms with Crippen molar-refractivity contribution in [1.82, 2.24) is 20.0 Å². The van der Waals surface area contributed by atoms with Crippen LogP contribution in [0.5, 0.6) is 0 Å². The van der Waals surface area contributed by atoms with Crippen LogP contribution in [0, 0.1) is 0 Å². The minimum Gasteiger partial charge on any atom is -0.418 e. The van der Waals surface area contributed by atoms with Gasteiger partial charge in [0.2, 0.25) is 5.89 Å². The predicted molar refractivity (Wildman–Crippen MR) is 90.3 cm³/mol. The molecule has 1 saturated heterocycles. The molecule has 0 bridgehead atoms. The van der Waals surface area contributed by atoms with E-state index in [4.69, 9.17) is 4.42 Å². The Balaban J connectivity index is 1.64. The minimum absolute atomic E-state index is 0.104. The normalized spacial score (nSPS) is 23.0. The molecule has 1 aliphatic heterocycles. The van der Waals surface area contributed by atoms with Crippen LogP contribution in [0.1, 0.15) is 32.7 Å². The molecule has 0 aromatic carbocycles. The van der Waals surface area contributed by atoms with Crippen molar-refractivity contribution in [2.75, 3.05) is 26.2 Å². The van der Waals surface area contributed by atoms with E-state index in [0.29, 0.717) is 17.8 Å². The van der Waals surface area contributed by atoms with Gasteiger partial charge in [-0.2, -0.15) is 0 Å². The first-order valence-electron chi connectivity index (χ1n) is 8.08. The van der Waals surface area contributed by atoms with Crippen molar-refractivity contribution < 1.29 is 9.52 Å². The third kappa shape index (κ3) is 3.80. The minimum atomic E-state index is -0.286. The van der Waals surface area contributed by atoms with E-state index in [-0.39, 0.29) is 12.1 Å². The third-order valence-corrected chi connectivity index (χ3v) is 5.23. The van der Waals surface area contributed by atoms with Gasteiger partial charge in [-0.05, 0) is 32.2 Å². The Hall–Kier alpha value is -1.28. The molecule has 3 atom stereocenters. The van der Waals surface area contributed by atoms with E-state index in [2.05, 4.69) is 33.8 Å². The number of rotatable bonds is 5. The molecule has 1 fully saturated rings. The van der Waals surface area contributed by atoms with Crippen molar-refractivity contribution in [3.05, 3.63) is 23.4 Å². The van der Waals surface area contributed by atoms with Crippen LogP contribution in [0.25, 0.3) is 10.8 Å². The van der Waals surface area contributed by atoms with E-state index in [1.165, 1.54) is 0 Å². The number of β-amino-alcohol motifs (C(OH)–C–C–N with tert-alkyl or cyclic N) is 1. The molecule has 0 spiro atoms. The Morgan fingerprint density at radius 3 is 2.87 bits per heavy atom. The van der Waals surface area contributed by atoms with Crippen LogP contribution in [0.4, 0.5) is 0 Å². The number of piperazine rings is 1. The molecule has 0 radical (unpaired) electrons. The summed E-state index contributed by atoms with van der Waals surface area (Å²) < 4.78 is 5.86. The molecule has 126 valence electrons. The van der Waals surface area contributed by atoms with Crippen molar-refractivity contribution in [2.24, 2.45) is 0 Å². The molecule has 3 heterocycles. The van der Waals surface area contributed by atoms with Crippen molar-refractivity contribution in [3.63, 3.8) is 0 Å². The zero-order chi connectivity index (χ0) is 16.4. The van der Waals surface area contributed by atoms with E-state index >= 15 is 0 Å². The zero-order valence-corrected chi connectivity index (χ0v) is 14.7. The van der Waals surface area contributed by atoms with Gasteiger partial charge in [0.25, 0.3) is 5.89 Å². The van der Waals surface area contributed by atoms with Gasteiger partial charge in [-0.1, -0.05) is 6.07 Å². The summed E-state index contributed by atoms with van der Waals surface area (Å²) in [5, 5.41) is 20.0. The van der Waals surface area contributed by atoms with Crippen LogP contribution in [-0.4, -0.2) is 63.4 Å². The Labute approximate surface area is 140 Å². The van der Waals surface area contributed by atoms with E-state index in [1.807, 2.05) is 24.4 Å². The maximum atomic E-state index is 9.58. The van der Waals surface area contributed by atoms with Gasteiger partial charge in [0.15, 0.2) is 0 Å². The summed E-state index contributed by atoms with van der Waals surface area (Å²) >= 11 is 1.60. The van der Waals surface area contributed by atoms with Crippen LogP contribution >= 0.6 is 11.3 Å². The summed E-state index contributed by atoms with van der Waals surface area (Å²) in [6.45, 7) is 9.70. The lowest BCUT2D eigenvalue weighted by atomic mass is 10.1. The maximum Gasteiger partial charge on any atom is 0.257 e. The van der Waals surface area contributed by atoms with Crippen molar-refractivity contribution in [2.45, 2.75) is 39.0 Å². The van der Waals surface area contributed by atoms with Crippen LogP contribution < -0.4 is 0 Å². The molecule has 23 heavy (non-hydrogen) atoms. The number of thiophene rings is 1. The lowest BCUT2D eigenvalue weighted by Crippen LogP contribution is -2.53. The number of hydrogen-bond acceptors (Lipinski definition) is 7. The van der Waals surface area contributed by atoms with Gasteiger partial charge in [-0.15, -0.1) is 21.5 Å². The van der Waals surface area contributed by atoms with E-state index < -0.39 is 0 Å². The van der Waals surface area contributed by atoms with Crippen LogP contribution in [0.2, 0.25) is 0 Å². The van der Waals surface area contributed by atoms with Crippen molar-refractivity contribution in [1.29, 1.82) is 0 Å². The second kappa shape index (κ2) is 7.09. The van der Waals surface area contributed by atoms with Crippen LogP contribution in [-0.2, 0) is 0 Å². The molecule has 0 saturated carbocycles. The zero-order valence-electron chi connectivity index (χ0n) is 13.8. The van der Waals surface area contributed by atoms with Gasteiger partial charge in [0.05, 0.1) is 17.0 Å². The number of aromatic nitrogens is 2. The Bertz CT molecular complexity index is 613. The lowest BCUT2D eigenvalue weighted by Gasteiger charge is -2.42. The highest BCUT2D eigenvalue weighted by atomic mass is 32.1. The fourth-order valence-electron chi connectivity index (χ4n) is 3.05. The first-order chi connectivity index (χ1) is 11.0. The molecular weight excluding hydrogens is 312 g/mol. The molecule has 0 unspecified atom stereocenters. The first kappa shape index (κ1) is 16.6. The second-order valence-electron chi connectivity index (χ2n) is 6.29. The highest BCUT2D eigenvalue weighted by Gasteiger charge is 2.30. The number of nitrogens with zero attached hydrogens (tertiary/aromatic N) is 4. The molecule has 6 nitrogen and oxygen atoms in total. The summed E-state index contributed by atoms with van der Waals surface area (Å²) in [4.78, 5) is 5.71. The summed E-state index contributed by atoms with van der Waals surface area (Å²) in [5.74, 6) is 1.27. The van der Waals surface area contributed by atoms with E-state index in [0.717, 1.165) is 31.1 Å². The quantitative estimate of drug-likeness (QED) is 0.903. The topological polar surface area (TPSA) is 65.6 Å². The fraction of sp³-hybridized carbons (Fsp3) is 0.625. The molecule has 1 N–H and O–H groups in total. The van der Waals surface area contributed by atoms with Crippen LogP contribution in [0.3, 0.4) is 0 Å². The second-order valence-corrected chi connectivity index (χ2v) is 7.23. The molecule has 0 aliphatic carbocycles. The molecule has 2 aromatic rings. The third-order valence-electron chi connectivity index (χ3n) is 4.37. The molecule has 3 rings (SSSR count). The number of hydrogen-bond donors (Lipinski definition) is 1. The number of aliphatic hydroxyl groups excluding tert-OH is 1. The maximum absolute atomic E-state index is 9.58. The lowest BCUT2D eigenvalue weighted by molar-refractivity contribution is 0.0257. The Morgan fingerprint density at radius 1 is 1.39 bits per heavy atom. The average Bonchev–Trinajstić information content (AvgIpc) is 3.18. The summed E-state index contributed by atoms with van der Waals surface area (Å²) in [6, 6.07) is 4.48. The van der Waals surface area contributed by atoms with Crippen molar-refractivity contribution >= 4 is 11.3 Å². The molecular formula is C16H24N4O2S. The number of aliphatic hydroxyl groups is 1. The highest BCUT2D eigenvalue weighted by Crippen LogP contribution is 2.28. The Morgan fingerprint density at radius 2 is 2.22 bits per heavy atom. The predicted octanol–water partition coefficient (Wildman–Crippen LogP) is 2.25. The smallest absolute Gasteiger partial charge is 0.257 e. The average molecular weight is 336 g/mol. The van der Waals surface area contributed by atoms with Crippen LogP contribution in [0.15, 0.2) is 21.9 Å². The van der Waals surface area contributed by atoms with E-state index in [9.17, 15) is 5.11 Å². The van der Waals surface area contributed by atoms with E-state index in [1.54, 1.807) is 11.3 Å². The Kier molecular flexibility index (Phi) is 5.11.